The summed E-state index contributed by atoms with van der Waals surface area (Å²) >= 11 is 3.29. The average molecular weight is 356 g/mol. The van der Waals surface area contributed by atoms with Gasteiger partial charge in [0.15, 0.2) is 11.6 Å². The average Bonchev–Trinajstić information content (AvgIpc) is 2.40. The van der Waals surface area contributed by atoms with E-state index in [0.29, 0.717) is 15.8 Å². The normalized spacial score (nSPS) is 12.0. The highest BCUT2D eigenvalue weighted by Crippen LogP contribution is 2.32. The summed E-state index contributed by atoms with van der Waals surface area (Å²) in [5, 5.41) is 20.1. The van der Waals surface area contributed by atoms with Gasteiger partial charge in [-0.15, -0.1) is 0 Å². The third kappa shape index (κ3) is 3.56. The van der Waals surface area contributed by atoms with Crippen molar-refractivity contribution in [2.24, 2.45) is 0 Å². The Balaban J connectivity index is 2.26. The van der Waals surface area contributed by atoms with Crippen LogP contribution in [-0.2, 0) is 0 Å². The Morgan fingerprint density at radius 2 is 2.05 bits per heavy atom. The molecule has 0 aromatic heterocycles. The van der Waals surface area contributed by atoms with Crippen LogP contribution in [0.2, 0.25) is 0 Å². The number of aliphatic hydroxyl groups is 1. The number of nitrogens with zero attached hydrogens (tertiary/aromatic N) is 1. The molecule has 5 nitrogen and oxygen atoms in total. The zero-order valence-electron chi connectivity index (χ0n) is 10.9. The van der Waals surface area contributed by atoms with Crippen molar-refractivity contribution in [2.45, 2.75) is 13.0 Å². The van der Waals surface area contributed by atoms with Gasteiger partial charge in [0.05, 0.1) is 17.1 Å². The second kappa shape index (κ2) is 6.19. The van der Waals surface area contributed by atoms with E-state index in [1.54, 1.807) is 25.1 Å². The molecule has 2 rings (SSSR count). The van der Waals surface area contributed by atoms with E-state index < -0.39 is 16.8 Å². The lowest BCUT2D eigenvalue weighted by atomic mass is 10.1. The van der Waals surface area contributed by atoms with Crippen molar-refractivity contribution in [2.75, 3.05) is 0 Å². The molecular formula is C14H11BrFNO4. The molecule has 1 atom stereocenters. The van der Waals surface area contributed by atoms with Gasteiger partial charge in [0, 0.05) is 10.5 Å². The van der Waals surface area contributed by atoms with Gasteiger partial charge in [-0.25, -0.2) is 4.39 Å². The van der Waals surface area contributed by atoms with Crippen LogP contribution in [0.3, 0.4) is 0 Å². The third-order valence-corrected chi connectivity index (χ3v) is 3.46. The van der Waals surface area contributed by atoms with Crippen molar-refractivity contribution in [3.05, 3.63) is 62.4 Å². The summed E-state index contributed by atoms with van der Waals surface area (Å²) in [6, 6.07) is 7.97. The van der Waals surface area contributed by atoms with Crippen LogP contribution in [0.15, 0.2) is 40.9 Å². The second-order valence-electron chi connectivity index (χ2n) is 4.33. The molecule has 0 saturated heterocycles. The van der Waals surface area contributed by atoms with Crippen LogP contribution in [0.25, 0.3) is 0 Å². The van der Waals surface area contributed by atoms with Crippen molar-refractivity contribution in [3.63, 3.8) is 0 Å². The maximum Gasteiger partial charge on any atom is 0.272 e. The van der Waals surface area contributed by atoms with Crippen LogP contribution in [0, 0.1) is 15.9 Å². The van der Waals surface area contributed by atoms with E-state index in [2.05, 4.69) is 15.9 Å². The minimum absolute atomic E-state index is 0.114. The summed E-state index contributed by atoms with van der Waals surface area (Å²) in [7, 11) is 0. The summed E-state index contributed by atoms with van der Waals surface area (Å²) in [6.07, 6.45) is -0.649. The number of aliphatic hydroxyl groups excluding tert-OH is 1. The molecule has 2 aromatic carbocycles. The molecule has 0 aliphatic rings. The molecule has 7 heteroatoms. The van der Waals surface area contributed by atoms with Crippen LogP contribution in [0.4, 0.5) is 10.1 Å². The van der Waals surface area contributed by atoms with Gasteiger partial charge in [-0.1, -0.05) is 22.0 Å². The lowest BCUT2D eigenvalue weighted by molar-refractivity contribution is -0.385. The zero-order valence-corrected chi connectivity index (χ0v) is 12.5. The molecule has 0 fully saturated rings. The summed E-state index contributed by atoms with van der Waals surface area (Å²) in [5.41, 5.74) is 0.331. The first-order chi connectivity index (χ1) is 9.88. The molecule has 0 bridgehead atoms. The van der Waals surface area contributed by atoms with Gasteiger partial charge in [0.2, 0.25) is 0 Å². The molecule has 0 amide bonds. The topological polar surface area (TPSA) is 72.6 Å². The SMILES string of the molecule is CC(O)c1ccc(Oc2ccc([N+](=O)[O-])cc2F)cc1Br. The predicted octanol–water partition coefficient (Wildman–Crippen LogP) is 4.34. The van der Waals surface area contributed by atoms with E-state index in [1.165, 1.54) is 6.07 Å². The van der Waals surface area contributed by atoms with Crippen LogP contribution >= 0.6 is 15.9 Å². The van der Waals surface area contributed by atoms with E-state index in [9.17, 15) is 19.6 Å². The highest BCUT2D eigenvalue weighted by Gasteiger charge is 2.13. The maximum absolute atomic E-state index is 13.7. The zero-order chi connectivity index (χ0) is 15.6. The number of halogens is 2. The number of nitro groups is 1. The molecule has 110 valence electrons. The van der Waals surface area contributed by atoms with Crippen molar-refractivity contribution in [1.29, 1.82) is 0 Å². The fourth-order valence-corrected chi connectivity index (χ4v) is 2.41. The first-order valence-corrected chi connectivity index (χ1v) is 6.77. The highest BCUT2D eigenvalue weighted by atomic mass is 79.9. The maximum atomic E-state index is 13.7. The van der Waals surface area contributed by atoms with Gasteiger partial charge < -0.3 is 9.84 Å². The molecule has 0 spiro atoms. The molecule has 0 heterocycles. The van der Waals surface area contributed by atoms with E-state index >= 15 is 0 Å². The van der Waals surface area contributed by atoms with Crippen LogP contribution in [0.5, 0.6) is 11.5 Å². The van der Waals surface area contributed by atoms with Gasteiger partial charge in [0.1, 0.15) is 5.75 Å². The van der Waals surface area contributed by atoms with Crippen LogP contribution in [-0.4, -0.2) is 10.0 Å². The lowest BCUT2D eigenvalue weighted by Crippen LogP contribution is -1.95. The first kappa shape index (κ1) is 15.4. The number of nitro benzene ring substituents is 1. The molecule has 0 saturated carbocycles. The molecular weight excluding hydrogens is 345 g/mol. The minimum Gasteiger partial charge on any atom is -0.454 e. The Morgan fingerprint density at radius 3 is 2.57 bits per heavy atom. The standard InChI is InChI=1S/C14H11BrFNO4/c1-8(18)11-4-3-10(7-12(11)15)21-14-5-2-9(17(19)20)6-13(14)16/h2-8,18H,1H3. The Morgan fingerprint density at radius 1 is 1.33 bits per heavy atom. The minimum atomic E-state index is -0.820. The lowest BCUT2D eigenvalue weighted by Gasteiger charge is -2.11. The Bertz CT molecular complexity index is 691. The van der Waals surface area contributed by atoms with Crippen molar-refractivity contribution in [1.82, 2.24) is 0 Å². The van der Waals surface area contributed by atoms with Gasteiger partial charge in [-0.3, -0.25) is 10.1 Å². The van der Waals surface area contributed by atoms with E-state index in [-0.39, 0.29) is 11.4 Å². The second-order valence-corrected chi connectivity index (χ2v) is 5.19. The summed E-state index contributed by atoms with van der Waals surface area (Å²) in [6.45, 7) is 1.62. The van der Waals surface area contributed by atoms with E-state index in [4.69, 9.17) is 4.74 Å². The van der Waals surface area contributed by atoms with E-state index in [0.717, 1.165) is 12.1 Å². The molecule has 2 aromatic rings. The molecule has 0 aliphatic carbocycles. The summed E-state index contributed by atoms with van der Waals surface area (Å²) in [5.74, 6) is -0.587. The molecule has 0 aliphatic heterocycles. The quantitative estimate of drug-likeness (QED) is 0.653. The molecule has 21 heavy (non-hydrogen) atoms. The Kier molecular flexibility index (Phi) is 4.54. The van der Waals surface area contributed by atoms with Crippen LogP contribution in [0.1, 0.15) is 18.6 Å². The van der Waals surface area contributed by atoms with Gasteiger partial charge in [-0.2, -0.15) is 0 Å². The number of ether oxygens (including phenoxy) is 1. The van der Waals surface area contributed by atoms with Gasteiger partial charge in [-0.05, 0) is 30.7 Å². The van der Waals surface area contributed by atoms with Crippen molar-refractivity contribution in [3.8, 4) is 11.5 Å². The monoisotopic (exact) mass is 355 g/mol. The van der Waals surface area contributed by atoms with E-state index in [1.807, 2.05) is 0 Å². The number of non-ortho nitro benzene ring substituents is 1. The van der Waals surface area contributed by atoms with Crippen molar-refractivity contribution >= 4 is 21.6 Å². The number of hydrogen-bond acceptors (Lipinski definition) is 4. The number of hydrogen-bond donors (Lipinski definition) is 1. The molecule has 1 unspecified atom stereocenters. The van der Waals surface area contributed by atoms with Crippen LogP contribution < -0.4 is 4.74 Å². The number of rotatable bonds is 4. The molecule has 0 radical (unpaired) electrons. The third-order valence-electron chi connectivity index (χ3n) is 2.78. The molecule has 1 N–H and O–H groups in total. The number of benzene rings is 2. The fourth-order valence-electron chi connectivity index (χ4n) is 1.72. The van der Waals surface area contributed by atoms with Gasteiger partial charge >= 0.3 is 0 Å². The predicted molar refractivity (Wildman–Crippen MR) is 77.9 cm³/mol. The smallest absolute Gasteiger partial charge is 0.272 e. The highest BCUT2D eigenvalue weighted by molar-refractivity contribution is 9.10. The summed E-state index contributed by atoms with van der Waals surface area (Å²) in [4.78, 5) is 9.86. The Hall–Kier alpha value is -1.99. The fraction of sp³-hybridized carbons (Fsp3) is 0.143. The van der Waals surface area contributed by atoms with Crippen molar-refractivity contribution < 1.29 is 19.2 Å². The largest absolute Gasteiger partial charge is 0.454 e. The Labute approximate surface area is 128 Å². The first-order valence-electron chi connectivity index (χ1n) is 5.98. The summed E-state index contributed by atoms with van der Waals surface area (Å²) < 4.78 is 19.7. The van der Waals surface area contributed by atoms with Gasteiger partial charge in [0.25, 0.3) is 5.69 Å².